The fraction of sp³-hybridized carbons (Fsp3) is 0.300. The molecule has 2 aromatic carbocycles. The van der Waals surface area contributed by atoms with E-state index in [9.17, 15) is 9.59 Å². The lowest BCUT2D eigenvalue weighted by atomic mass is 9.93. The van der Waals surface area contributed by atoms with E-state index in [0.29, 0.717) is 0 Å². The number of rotatable bonds is 3. The summed E-state index contributed by atoms with van der Waals surface area (Å²) in [4.78, 5) is 29.5. The smallest absolute Gasteiger partial charge is 0.241 e. The molecule has 5 heteroatoms. The first-order chi connectivity index (χ1) is 12.1. The van der Waals surface area contributed by atoms with E-state index in [1.807, 2.05) is 54.6 Å². The van der Waals surface area contributed by atoms with Gasteiger partial charge in [-0.25, -0.2) is 0 Å². The minimum absolute atomic E-state index is 0.0851. The van der Waals surface area contributed by atoms with Crippen LogP contribution in [0.25, 0.3) is 0 Å². The van der Waals surface area contributed by atoms with E-state index in [2.05, 4.69) is 17.1 Å². The van der Waals surface area contributed by atoms with Crippen molar-refractivity contribution in [3.63, 3.8) is 0 Å². The van der Waals surface area contributed by atoms with Crippen molar-refractivity contribution in [2.45, 2.75) is 26.1 Å². The van der Waals surface area contributed by atoms with Crippen molar-refractivity contribution in [3.8, 4) is 0 Å². The molecule has 1 amide bonds. The van der Waals surface area contributed by atoms with Gasteiger partial charge in [0, 0.05) is 12.2 Å². The van der Waals surface area contributed by atoms with Crippen molar-refractivity contribution in [2.75, 3.05) is 21.7 Å². The van der Waals surface area contributed by atoms with E-state index in [0.717, 1.165) is 23.6 Å². The second-order valence-corrected chi connectivity index (χ2v) is 6.52. The molecular weight excluding hydrogens is 314 g/mol. The molecule has 0 aliphatic carbocycles. The van der Waals surface area contributed by atoms with Gasteiger partial charge in [0.1, 0.15) is 17.9 Å². The lowest BCUT2D eigenvalue weighted by molar-refractivity contribution is -0.129. The number of ketones is 1. The second-order valence-electron chi connectivity index (χ2n) is 6.52. The lowest BCUT2D eigenvalue weighted by Gasteiger charge is -2.43. The number of Topliss-reactive ketones (excluding diaryl/α,β-unsaturated/α-hetero) is 1. The molecule has 2 aliphatic heterocycles. The number of hydrogen-bond donors (Lipinski definition) is 1. The summed E-state index contributed by atoms with van der Waals surface area (Å²) in [6, 6.07) is 17.4. The van der Waals surface area contributed by atoms with Crippen molar-refractivity contribution in [3.05, 3.63) is 54.6 Å². The maximum atomic E-state index is 13.2. The van der Waals surface area contributed by atoms with Crippen molar-refractivity contribution in [1.82, 2.24) is 0 Å². The number of carbonyl (C=O) groups is 2. The van der Waals surface area contributed by atoms with Crippen molar-refractivity contribution < 1.29 is 9.59 Å². The molecule has 0 bridgehead atoms. The van der Waals surface area contributed by atoms with Crippen LogP contribution >= 0.6 is 0 Å². The Kier molecular flexibility index (Phi) is 3.71. The van der Waals surface area contributed by atoms with E-state index >= 15 is 0 Å². The topological polar surface area (TPSA) is 52.7 Å². The number of fused-ring (bicyclic) bond motifs is 2. The number of likely N-dealkylation sites (N-methyl/N-ethyl adjacent to an activating group) is 1. The van der Waals surface area contributed by atoms with Crippen molar-refractivity contribution >= 4 is 28.8 Å². The Bertz CT molecular complexity index is 821. The SMILES string of the molecule is CCN1c2ccccc2N[C@@H]2[C@@H]1[C@H](C(C)=O)C(=O)N2c1ccccc1. The van der Waals surface area contributed by atoms with Gasteiger partial charge in [0.2, 0.25) is 5.91 Å². The zero-order valence-electron chi connectivity index (χ0n) is 14.3. The Hall–Kier alpha value is -2.82. The van der Waals surface area contributed by atoms with Crippen LogP contribution in [0.1, 0.15) is 13.8 Å². The van der Waals surface area contributed by atoms with Gasteiger partial charge < -0.3 is 10.2 Å². The predicted molar refractivity (Wildman–Crippen MR) is 98.8 cm³/mol. The van der Waals surface area contributed by atoms with Crippen LogP contribution in [0.15, 0.2) is 54.6 Å². The number of benzene rings is 2. The Morgan fingerprint density at radius 2 is 1.76 bits per heavy atom. The third kappa shape index (κ3) is 2.30. The highest BCUT2D eigenvalue weighted by Gasteiger charge is 2.55. The van der Waals surface area contributed by atoms with Gasteiger partial charge in [0.25, 0.3) is 0 Å². The average molecular weight is 335 g/mol. The van der Waals surface area contributed by atoms with Crippen LogP contribution in [0.5, 0.6) is 0 Å². The number of hydrogen-bond acceptors (Lipinski definition) is 4. The standard InChI is InChI=1S/C20H21N3O2/c1-3-22-16-12-8-7-11-15(16)21-19-18(22)17(13(2)24)20(25)23(19)14-9-5-4-6-10-14/h4-12,17-19,21H,3H2,1-2H3/t17-,18-,19-/m0/s1. The Balaban J connectivity index is 1.86. The first kappa shape index (κ1) is 15.7. The number of para-hydroxylation sites is 3. The van der Waals surface area contributed by atoms with Crippen LogP contribution in [-0.4, -0.2) is 30.4 Å². The summed E-state index contributed by atoms with van der Waals surface area (Å²) in [7, 11) is 0. The zero-order chi connectivity index (χ0) is 17.6. The molecule has 5 nitrogen and oxygen atoms in total. The fourth-order valence-electron chi connectivity index (χ4n) is 4.11. The van der Waals surface area contributed by atoms with Gasteiger partial charge in [0.15, 0.2) is 0 Å². The summed E-state index contributed by atoms with van der Waals surface area (Å²) in [5.74, 6) is -0.878. The molecule has 0 spiro atoms. The van der Waals surface area contributed by atoms with E-state index < -0.39 is 5.92 Å². The number of amides is 1. The first-order valence-corrected chi connectivity index (χ1v) is 8.64. The van der Waals surface area contributed by atoms with Gasteiger partial charge >= 0.3 is 0 Å². The van der Waals surface area contributed by atoms with Gasteiger partial charge in [0.05, 0.1) is 17.4 Å². The van der Waals surface area contributed by atoms with Gasteiger partial charge in [-0.1, -0.05) is 30.3 Å². The quantitative estimate of drug-likeness (QED) is 0.877. The molecule has 2 heterocycles. The van der Waals surface area contributed by atoms with Gasteiger partial charge in [-0.2, -0.15) is 0 Å². The molecular formula is C20H21N3O2. The molecule has 2 aliphatic rings. The average Bonchev–Trinajstić information content (AvgIpc) is 2.92. The number of anilines is 3. The minimum atomic E-state index is -0.661. The van der Waals surface area contributed by atoms with Gasteiger partial charge in [-0.15, -0.1) is 0 Å². The second kappa shape index (κ2) is 5.92. The summed E-state index contributed by atoms with van der Waals surface area (Å²) in [6.07, 6.45) is -0.265. The van der Waals surface area contributed by atoms with E-state index in [1.54, 1.807) is 4.90 Å². The van der Waals surface area contributed by atoms with Gasteiger partial charge in [-0.3, -0.25) is 14.5 Å². The summed E-state index contributed by atoms with van der Waals surface area (Å²) in [6.45, 7) is 4.31. The molecule has 128 valence electrons. The van der Waals surface area contributed by atoms with Gasteiger partial charge in [-0.05, 0) is 38.1 Å². The monoisotopic (exact) mass is 335 g/mol. The Morgan fingerprint density at radius 3 is 2.44 bits per heavy atom. The molecule has 2 aromatic rings. The Labute approximate surface area is 147 Å². The molecule has 3 atom stereocenters. The number of nitrogens with one attached hydrogen (secondary N) is 1. The summed E-state index contributed by atoms with van der Waals surface area (Å²) in [5, 5.41) is 3.50. The highest BCUT2D eigenvalue weighted by molar-refractivity contribution is 6.12. The molecule has 1 fully saturated rings. The lowest BCUT2D eigenvalue weighted by Crippen LogP contribution is -2.55. The first-order valence-electron chi connectivity index (χ1n) is 8.64. The maximum Gasteiger partial charge on any atom is 0.241 e. The van der Waals surface area contributed by atoms with Crippen LogP contribution < -0.4 is 15.1 Å². The maximum absolute atomic E-state index is 13.2. The number of nitrogens with zero attached hydrogens (tertiary/aromatic N) is 2. The van der Waals surface area contributed by atoms with Crippen molar-refractivity contribution in [2.24, 2.45) is 5.92 Å². The Morgan fingerprint density at radius 1 is 1.08 bits per heavy atom. The zero-order valence-corrected chi connectivity index (χ0v) is 14.3. The third-order valence-corrected chi connectivity index (χ3v) is 5.14. The summed E-state index contributed by atoms with van der Waals surface area (Å²) in [5.41, 5.74) is 2.85. The van der Waals surface area contributed by atoms with Crippen LogP contribution in [-0.2, 0) is 9.59 Å². The predicted octanol–water partition coefficient (Wildman–Crippen LogP) is 2.89. The highest BCUT2D eigenvalue weighted by Crippen LogP contribution is 2.42. The van der Waals surface area contributed by atoms with Crippen LogP contribution in [0.2, 0.25) is 0 Å². The largest absolute Gasteiger partial charge is 0.362 e. The molecule has 1 N–H and O–H groups in total. The molecule has 0 radical (unpaired) electrons. The van der Waals surface area contributed by atoms with E-state index in [-0.39, 0.29) is 23.9 Å². The van der Waals surface area contributed by atoms with E-state index in [4.69, 9.17) is 0 Å². The molecule has 4 rings (SSSR count). The molecule has 0 aromatic heterocycles. The number of carbonyl (C=O) groups excluding carboxylic acids is 2. The summed E-state index contributed by atoms with van der Waals surface area (Å²) >= 11 is 0. The molecule has 0 unspecified atom stereocenters. The fourth-order valence-corrected chi connectivity index (χ4v) is 4.11. The van der Waals surface area contributed by atoms with Crippen LogP contribution in [0, 0.1) is 5.92 Å². The molecule has 0 saturated carbocycles. The molecule has 25 heavy (non-hydrogen) atoms. The van der Waals surface area contributed by atoms with Crippen LogP contribution in [0.3, 0.4) is 0 Å². The normalized spacial score (nSPS) is 24.6. The van der Waals surface area contributed by atoms with Crippen molar-refractivity contribution in [1.29, 1.82) is 0 Å². The van der Waals surface area contributed by atoms with E-state index in [1.165, 1.54) is 6.92 Å². The molecule has 1 saturated heterocycles. The van der Waals surface area contributed by atoms with Crippen LogP contribution in [0.4, 0.5) is 17.1 Å². The summed E-state index contributed by atoms with van der Waals surface area (Å²) < 4.78 is 0. The minimum Gasteiger partial charge on any atom is -0.362 e. The third-order valence-electron chi connectivity index (χ3n) is 5.14. The highest BCUT2D eigenvalue weighted by atomic mass is 16.2.